The van der Waals surface area contributed by atoms with Crippen LogP contribution in [0.15, 0.2) is 29.6 Å². The van der Waals surface area contributed by atoms with Gasteiger partial charge in [0, 0.05) is 23.2 Å². The van der Waals surface area contributed by atoms with E-state index >= 15 is 0 Å². The lowest BCUT2D eigenvalue weighted by molar-refractivity contribution is -0.109. The first kappa shape index (κ1) is 17.2. The number of anilines is 1. The van der Waals surface area contributed by atoms with Crippen molar-refractivity contribution in [1.29, 1.82) is 0 Å². The van der Waals surface area contributed by atoms with Gasteiger partial charge in [0.1, 0.15) is 5.82 Å². The fourth-order valence-corrected chi connectivity index (χ4v) is 2.40. The zero-order chi connectivity index (χ0) is 15.7. The molecule has 0 aliphatic rings. The van der Waals surface area contributed by atoms with Gasteiger partial charge in [-0.2, -0.15) is 0 Å². The van der Waals surface area contributed by atoms with Crippen LogP contribution < -0.4 is 16.6 Å². The number of rotatable bonds is 4. The van der Waals surface area contributed by atoms with Gasteiger partial charge in [0.15, 0.2) is 0 Å². The van der Waals surface area contributed by atoms with Crippen molar-refractivity contribution in [2.75, 3.05) is 12.4 Å². The van der Waals surface area contributed by atoms with E-state index in [4.69, 9.17) is 16.4 Å². The van der Waals surface area contributed by atoms with Crippen molar-refractivity contribution in [2.24, 2.45) is 5.84 Å². The summed E-state index contributed by atoms with van der Waals surface area (Å²) in [5.74, 6) is 4.07. The molecule has 4 nitrogen and oxygen atoms in total. The lowest BCUT2D eigenvalue weighted by Crippen LogP contribution is -2.18. The summed E-state index contributed by atoms with van der Waals surface area (Å²) in [4.78, 5) is 10.1. The molecule has 0 fully saturated rings. The molecule has 1 heterocycles. The third kappa shape index (κ3) is 5.55. The molecule has 0 aliphatic carbocycles. The van der Waals surface area contributed by atoms with Gasteiger partial charge in [0.2, 0.25) is 6.41 Å². The standard InChI is InChI=1S/C13H11ClFNS.CH4N2O/c1-16-13-8-9(15)7-12(14)11(13)5-4-10-3-2-6-17-10;2-3-1-4/h2-8,16H,1H3;1H,2H2,(H,3,4)/b5-4+;. The van der Waals surface area contributed by atoms with Gasteiger partial charge in [-0.05, 0) is 35.7 Å². The summed E-state index contributed by atoms with van der Waals surface area (Å²) < 4.78 is 13.2. The average molecular weight is 328 g/mol. The largest absolute Gasteiger partial charge is 0.388 e. The van der Waals surface area contributed by atoms with Crippen molar-refractivity contribution >= 4 is 47.2 Å². The molecule has 0 saturated heterocycles. The minimum Gasteiger partial charge on any atom is -0.388 e. The summed E-state index contributed by atoms with van der Waals surface area (Å²) in [7, 11) is 1.74. The van der Waals surface area contributed by atoms with E-state index in [0.29, 0.717) is 17.1 Å². The maximum Gasteiger partial charge on any atom is 0.221 e. The normalized spacial score (nSPS) is 9.90. The van der Waals surface area contributed by atoms with E-state index in [1.807, 2.05) is 29.7 Å². The third-order valence-corrected chi connectivity index (χ3v) is 3.54. The Balaban J connectivity index is 0.000000491. The molecule has 0 saturated carbocycles. The molecule has 0 aliphatic heterocycles. The van der Waals surface area contributed by atoms with Crippen LogP contribution in [0.5, 0.6) is 0 Å². The zero-order valence-electron chi connectivity index (χ0n) is 11.3. The van der Waals surface area contributed by atoms with Crippen molar-refractivity contribution in [3.63, 3.8) is 0 Å². The van der Waals surface area contributed by atoms with E-state index < -0.39 is 0 Å². The second-order valence-electron chi connectivity index (χ2n) is 3.73. The van der Waals surface area contributed by atoms with Crippen LogP contribution in [0.1, 0.15) is 10.4 Å². The molecule has 1 aromatic carbocycles. The molecule has 7 heteroatoms. The minimum absolute atomic E-state index is 0.340. The highest BCUT2D eigenvalue weighted by Gasteiger charge is 2.06. The van der Waals surface area contributed by atoms with Crippen LogP contribution >= 0.6 is 22.9 Å². The number of hydrogen-bond donors (Lipinski definition) is 3. The molecule has 21 heavy (non-hydrogen) atoms. The molecule has 112 valence electrons. The van der Waals surface area contributed by atoms with E-state index in [1.165, 1.54) is 12.1 Å². The van der Waals surface area contributed by atoms with Gasteiger partial charge in [-0.25, -0.2) is 10.2 Å². The van der Waals surface area contributed by atoms with E-state index in [9.17, 15) is 4.39 Å². The Kier molecular flexibility index (Phi) is 7.45. The van der Waals surface area contributed by atoms with Gasteiger partial charge >= 0.3 is 0 Å². The Morgan fingerprint density at radius 3 is 2.62 bits per heavy atom. The average Bonchev–Trinajstić information content (AvgIpc) is 2.99. The molecule has 4 N–H and O–H groups in total. The van der Waals surface area contributed by atoms with Crippen LogP contribution in [0.25, 0.3) is 12.2 Å². The Bertz CT molecular complexity index is 603. The number of thiophene rings is 1. The maximum absolute atomic E-state index is 13.2. The molecular weight excluding hydrogens is 313 g/mol. The van der Waals surface area contributed by atoms with Gasteiger partial charge < -0.3 is 5.32 Å². The van der Waals surface area contributed by atoms with E-state index in [0.717, 1.165) is 10.4 Å². The van der Waals surface area contributed by atoms with Crippen molar-refractivity contribution in [3.8, 4) is 0 Å². The SMILES string of the molecule is CNc1cc(F)cc(Cl)c1/C=C/c1cccs1.NNC=O. The van der Waals surface area contributed by atoms with E-state index in [2.05, 4.69) is 11.2 Å². The van der Waals surface area contributed by atoms with Gasteiger partial charge in [-0.15, -0.1) is 11.3 Å². The maximum atomic E-state index is 13.2. The summed E-state index contributed by atoms with van der Waals surface area (Å²) >= 11 is 7.67. The predicted molar refractivity (Wildman–Crippen MR) is 87.6 cm³/mol. The number of halogens is 2. The molecule has 1 aromatic heterocycles. The van der Waals surface area contributed by atoms with Crippen LogP contribution in [-0.2, 0) is 4.79 Å². The first-order valence-electron chi connectivity index (χ1n) is 5.90. The first-order chi connectivity index (χ1) is 10.1. The molecule has 1 amide bonds. The number of amides is 1. The molecule has 0 spiro atoms. The second-order valence-corrected chi connectivity index (χ2v) is 5.12. The molecule has 0 bridgehead atoms. The molecule has 2 rings (SSSR count). The number of hydrogen-bond acceptors (Lipinski definition) is 4. The van der Waals surface area contributed by atoms with Crippen LogP contribution in [0, 0.1) is 5.82 Å². The summed E-state index contributed by atoms with van der Waals surface area (Å²) in [5.41, 5.74) is 3.23. The highest BCUT2D eigenvalue weighted by atomic mass is 35.5. The molecule has 0 radical (unpaired) electrons. The Labute approximate surface area is 131 Å². The summed E-state index contributed by atoms with van der Waals surface area (Å²) in [5, 5.41) is 5.34. The van der Waals surface area contributed by atoms with Gasteiger partial charge in [0.05, 0.1) is 5.02 Å². The predicted octanol–water partition coefficient (Wildman–Crippen LogP) is 3.36. The van der Waals surface area contributed by atoms with Crippen LogP contribution in [0.2, 0.25) is 5.02 Å². The number of nitrogens with one attached hydrogen (secondary N) is 2. The monoisotopic (exact) mass is 327 g/mol. The molecular formula is C14H15ClFN3OS. The number of nitrogens with two attached hydrogens (primary N) is 1. The first-order valence-corrected chi connectivity index (χ1v) is 7.16. The topological polar surface area (TPSA) is 67.2 Å². The van der Waals surface area contributed by atoms with Crippen molar-refractivity contribution in [2.45, 2.75) is 0 Å². The number of carbonyl (C=O) groups excluding carboxylic acids is 1. The smallest absolute Gasteiger partial charge is 0.221 e. The van der Waals surface area contributed by atoms with Crippen molar-refractivity contribution in [3.05, 3.63) is 50.9 Å². The summed E-state index contributed by atoms with van der Waals surface area (Å²) in [6.45, 7) is 0. The van der Waals surface area contributed by atoms with Crippen LogP contribution in [0.3, 0.4) is 0 Å². The third-order valence-electron chi connectivity index (χ3n) is 2.39. The molecule has 0 unspecified atom stereocenters. The zero-order valence-corrected chi connectivity index (χ0v) is 12.8. The highest BCUT2D eigenvalue weighted by molar-refractivity contribution is 7.10. The quantitative estimate of drug-likeness (QED) is 0.349. The van der Waals surface area contributed by atoms with Gasteiger partial charge in [-0.3, -0.25) is 10.2 Å². The van der Waals surface area contributed by atoms with Crippen molar-refractivity contribution in [1.82, 2.24) is 5.43 Å². The van der Waals surface area contributed by atoms with Gasteiger partial charge in [0.25, 0.3) is 0 Å². The van der Waals surface area contributed by atoms with Crippen LogP contribution in [0.4, 0.5) is 10.1 Å². The fraction of sp³-hybridized carbons (Fsp3) is 0.0714. The van der Waals surface area contributed by atoms with Crippen molar-refractivity contribution < 1.29 is 9.18 Å². The number of carbonyl (C=O) groups is 1. The van der Waals surface area contributed by atoms with Crippen LogP contribution in [-0.4, -0.2) is 13.5 Å². The minimum atomic E-state index is -0.340. The molecule has 2 aromatic rings. The Morgan fingerprint density at radius 1 is 1.38 bits per heavy atom. The lowest BCUT2D eigenvalue weighted by atomic mass is 10.1. The summed E-state index contributed by atoms with van der Waals surface area (Å²) in [6, 6.07) is 6.74. The number of hydrazine groups is 1. The van der Waals surface area contributed by atoms with Gasteiger partial charge in [-0.1, -0.05) is 17.7 Å². The lowest BCUT2D eigenvalue weighted by Gasteiger charge is -2.07. The Morgan fingerprint density at radius 2 is 2.10 bits per heavy atom. The van der Waals surface area contributed by atoms with E-state index in [1.54, 1.807) is 23.8 Å². The highest BCUT2D eigenvalue weighted by Crippen LogP contribution is 2.28. The summed E-state index contributed by atoms with van der Waals surface area (Å²) in [6.07, 6.45) is 4.25. The molecule has 0 atom stereocenters. The van der Waals surface area contributed by atoms with E-state index in [-0.39, 0.29) is 5.82 Å². The Hall–Kier alpha value is -1.89. The number of benzene rings is 1. The fourth-order valence-electron chi connectivity index (χ4n) is 1.51. The second kappa shape index (κ2) is 9.12.